The summed E-state index contributed by atoms with van der Waals surface area (Å²) in [4.78, 5) is 11.2. The molecule has 1 rings (SSSR count). The highest BCUT2D eigenvalue weighted by atomic mass is 16.5. The molecule has 0 aliphatic heterocycles. The Kier molecular flexibility index (Phi) is 2.06. The smallest absolute Gasteiger partial charge is 0.326 e. The Morgan fingerprint density at radius 2 is 1.92 bits per heavy atom. The standard InChI is InChI=1S/C9H13NO2/c1-6-4-9(10,5-7(6)2)8(11)12-3/h1-2,4-5,10H2,3H3. The van der Waals surface area contributed by atoms with Crippen LogP contribution in [0.5, 0.6) is 0 Å². The lowest BCUT2D eigenvalue weighted by molar-refractivity contribution is -0.146. The van der Waals surface area contributed by atoms with Gasteiger partial charge in [0.1, 0.15) is 5.54 Å². The molecule has 0 saturated heterocycles. The second-order valence-electron chi connectivity index (χ2n) is 3.21. The lowest BCUT2D eigenvalue weighted by atomic mass is 9.99. The molecule has 0 aromatic heterocycles. The molecule has 1 aliphatic carbocycles. The van der Waals surface area contributed by atoms with Gasteiger partial charge in [0.2, 0.25) is 0 Å². The molecule has 0 aromatic carbocycles. The molecule has 0 atom stereocenters. The lowest BCUT2D eigenvalue weighted by Gasteiger charge is -2.18. The van der Waals surface area contributed by atoms with Gasteiger partial charge in [0.25, 0.3) is 0 Å². The highest BCUT2D eigenvalue weighted by molar-refractivity contribution is 5.83. The molecule has 0 bridgehead atoms. The molecule has 0 amide bonds. The van der Waals surface area contributed by atoms with Crippen LogP contribution < -0.4 is 5.73 Å². The SMILES string of the molecule is C=C1CC(N)(C(=O)OC)CC1=C. The predicted molar refractivity (Wildman–Crippen MR) is 46.4 cm³/mol. The topological polar surface area (TPSA) is 52.3 Å². The third kappa shape index (κ3) is 1.28. The third-order valence-corrected chi connectivity index (χ3v) is 2.15. The third-order valence-electron chi connectivity index (χ3n) is 2.15. The summed E-state index contributed by atoms with van der Waals surface area (Å²) in [6.45, 7) is 7.52. The van der Waals surface area contributed by atoms with Crippen molar-refractivity contribution >= 4 is 5.97 Å². The van der Waals surface area contributed by atoms with Crippen LogP contribution in [-0.4, -0.2) is 18.6 Å². The first-order valence-corrected chi connectivity index (χ1v) is 3.73. The number of ether oxygens (including phenoxy) is 1. The maximum absolute atomic E-state index is 11.2. The molecule has 66 valence electrons. The number of carbonyl (C=O) groups is 1. The fraction of sp³-hybridized carbons (Fsp3) is 0.444. The average molecular weight is 167 g/mol. The Balaban J connectivity index is 2.83. The average Bonchev–Trinajstić information content (AvgIpc) is 2.26. The van der Waals surface area contributed by atoms with E-state index in [2.05, 4.69) is 17.9 Å². The highest BCUT2D eigenvalue weighted by Gasteiger charge is 2.41. The molecular formula is C9H13NO2. The van der Waals surface area contributed by atoms with Gasteiger partial charge in [-0.3, -0.25) is 4.79 Å². The first-order chi connectivity index (χ1) is 5.49. The van der Waals surface area contributed by atoms with Crippen LogP contribution in [0.15, 0.2) is 24.3 Å². The highest BCUT2D eigenvalue weighted by Crippen LogP contribution is 2.35. The van der Waals surface area contributed by atoms with Crippen LogP contribution in [0.1, 0.15) is 12.8 Å². The normalized spacial score (nSPS) is 21.2. The summed E-state index contributed by atoms with van der Waals surface area (Å²) in [6, 6.07) is 0. The van der Waals surface area contributed by atoms with Crippen molar-refractivity contribution in [2.24, 2.45) is 5.73 Å². The van der Waals surface area contributed by atoms with Crippen molar-refractivity contribution in [3.05, 3.63) is 24.3 Å². The van der Waals surface area contributed by atoms with E-state index in [0.717, 1.165) is 11.1 Å². The first-order valence-electron chi connectivity index (χ1n) is 3.73. The van der Waals surface area contributed by atoms with E-state index in [9.17, 15) is 4.79 Å². The summed E-state index contributed by atoms with van der Waals surface area (Å²) in [7, 11) is 1.33. The zero-order valence-electron chi connectivity index (χ0n) is 7.22. The molecule has 1 saturated carbocycles. The van der Waals surface area contributed by atoms with E-state index in [0.29, 0.717) is 12.8 Å². The zero-order valence-corrected chi connectivity index (χ0v) is 7.22. The van der Waals surface area contributed by atoms with E-state index < -0.39 is 5.54 Å². The minimum atomic E-state index is -0.914. The Bertz CT molecular complexity index is 239. The fourth-order valence-electron chi connectivity index (χ4n) is 1.42. The van der Waals surface area contributed by atoms with Gasteiger partial charge in [0.05, 0.1) is 7.11 Å². The van der Waals surface area contributed by atoms with Gasteiger partial charge in [-0.1, -0.05) is 24.3 Å². The van der Waals surface area contributed by atoms with Crippen LogP contribution >= 0.6 is 0 Å². The molecule has 1 fully saturated rings. The molecule has 2 N–H and O–H groups in total. The molecule has 0 heterocycles. The van der Waals surface area contributed by atoms with E-state index in [1.165, 1.54) is 7.11 Å². The summed E-state index contributed by atoms with van der Waals surface area (Å²) in [6.07, 6.45) is 0.914. The predicted octanol–water partition coefficient (Wildman–Crippen LogP) is 0.763. The lowest BCUT2D eigenvalue weighted by Crippen LogP contribution is -2.46. The van der Waals surface area contributed by atoms with E-state index >= 15 is 0 Å². The fourth-order valence-corrected chi connectivity index (χ4v) is 1.42. The second kappa shape index (κ2) is 2.75. The molecule has 1 aliphatic rings. The number of esters is 1. The largest absolute Gasteiger partial charge is 0.468 e. The molecule has 3 nitrogen and oxygen atoms in total. The van der Waals surface area contributed by atoms with Crippen LogP contribution in [0.4, 0.5) is 0 Å². The van der Waals surface area contributed by atoms with Gasteiger partial charge in [-0.2, -0.15) is 0 Å². The van der Waals surface area contributed by atoms with Crippen molar-refractivity contribution < 1.29 is 9.53 Å². The Labute approximate surface area is 71.9 Å². The van der Waals surface area contributed by atoms with E-state index in [1.807, 2.05) is 0 Å². The van der Waals surface area contributed by atoms with Crippen molar-refractivity contribution in [1.29, 1.82) is 0 Å². The molecular weight excluding hydrogens is 154 g/mol. The van der Waals surface area contributed by atoms with Gasteiger partial charge in [-0.15, -0.1) is 0 Å². The Hall–Kier alpha value is -1.09. The molecule has 0 spiro atoms. The molecule has 0 radical (unpaired) electrons. The van der Waals surface area contributed by atoms with Gasteiger partial charge in [0, 0.05) is 12.8 Å². The van der Waals surface area contributed by atoms with Crippen LogP contribution in [-0.2, 0) is 9.53 Å². The number of hydrogen-bond donors (Lipinski definition) is 1. The minimum Gasteiger partial charge on any atom is -0.468 e. The maximum Gasteiger partial charge on any atom is 0.326 e. The van der Waals surface area contributed by atoms with E-state index in [-0.39, 0.29) is 5.97 Å². The van der Waals surface area contributed by atoms with Crippen molar-refractivity contribution in [2.45, 2.75) is 18.4 Å². The number of rotatable bonds is 1. The van der Waals surface area contributed by atoms with Gasteiger partial charge in [0.15, 0.2) is 0 Å². The summed E-state index contributed by atoms with van der Waals surface area (Å²) in [5.41, 5.74) is 6.58. The summed E-state index contributed by atoms with van der Waals surface area (Å²) in [5, 5.41) is 0. The van der Waals surface area contributed by atoms with Crippen molar-refractivity contribution in [3.63, 3.8) is 0 Å². The number of carbonyl (C=O) groups excluding carboxylic acids is 1. The van der Waals surface area contributed by atoms with Crippen molar-refractivity contribution in [3.8, 4) is 0 Å². The summed E-state index contributed by atoms with van der Waals surface area (Å²) in [5.74, 6) is -0.387. The first kappa shape index (κ1) is 9.00. The van der Waals surface area contributed by atoms with Crippen LogP contribution in [0.3, 0.4) is 0 Å². The Morgan fingerprint density at radius 1 is 1.50 bits per heavy atom. The maximum atomic E-state index is 11.2. The van der Waals surface area contributed by atoms with E-state index in [1.54, 1.807) is 0 Å². The van der Waals surface area contributed by atoms with Crippen molar-refractivity contribution in [2.75, 3.05) is 7.11 Å². The number of nitrogens with two attached hydrogens (primary N) is 1. The molecule has 0 aromatic rings. The number of methoxy groups -OCH3 is 1. The van der Waals surface area contributed by atoms with Gasteiger partial charge < -0.3 is 10.5 Å². The summed E-state index contributed by atoms with van der Waals surface area (Å²) < 4.78 is 4.59. The Morgan fingerprint density at radius 3 is 2.25 bits per heavy atom. The summed E-state index contributed by atoms with van der Waals surface area (Å²) >= 11 is 0. The van der Waals surface area contributed by atoms with Crippen LogP contribution in [0.25, 0.3) is 0 Å². The van der Waals surface area contributed by atoms with Crippen LogP contribution in [0, 0.1) is 0 Å². The molecule has 3 heteroatoms. The van der Waals surface area contributed by atoms with Gasteiger partial charge >= 0.3 is 5.97 Å². The van der Waals surface area contributed by atoms with Gasteiger partial charge in [-0.25, -0.2) is 0 Å². The monoisotopic (exact) mass is 167 g/mol. The quantitative estimate of drug-likeness (QED) is 0.587. The zero-order chi connectivity index (χ0) is 9.35. The second-order valence-corrected chi connectivity index (χ2v) is 3.21. The van der Waals surface area contributed by atoms with Crippen molar-refractivity contribution in [1.82, 2.24) is 0 Å². The molecule has 0 unspecified atom stereocenters. The number of hydrogen-bond acceptors (Lipinski definition) is 3. The van der Waals surface area contributed by atoms with Gasteiger partial charge in [-0.05, 0) is 0 Å². The van der Waals surface area contributed by atoms with Crippen LogP contribution in [0.2, 0.25) is 0 Å². The minimum absolute atomic E-state index is 0.387. The van der Waals surface area contributed by atoms with E-state index in [4.69, 9.17) is 5.73 Å². The molecule has 12 heavy (non-hydrogen) atoms.